The van der Waals surface area contributed by atoms with Gasteiger partial charge in [-0.15, -0.1) is 0 Å². The maximum Gasteiger partial charge on any atom is 0.277 e. The number of nitrogens with zero attached hydrogens (tertiary/aromatic N) is 1. The highest BCUT2D eigenvalue weighted by atomic mass is 16.5. The molecule has 0 fully saturated rings. The van der Waals surface area contributed by atoms with Crippen molar-refractivity contribution in [1.82, 2.24) is 5.43 Å². The molecule has 0 aliphatic heterocycles. The van der Waals surface area contributed by atoms with Gasteiger partial charge in [0.2, 0.25) is 0 Å². The van der Waals surface area contributed by atoms with E-state index in [-0.39, 0.29) is 12.5 Å². The first-order valence-corrected chi connectivity index (χ1v) is 7.66. The van der Waals surface area contributed by atoms with Crippen LogP contribution in [0.4, 0.5) is 0 Å². The first-order valence-electron chi connectivity index (χ1n) is 7.66. The summed E-state index contributed by atoms with van der Waals surface area (Å²) in [6, 6.07) is 11.2. The Morgan fingerprint density at radius 2 is 1.67 bits per heavy atom. The van der Waals surface area contributed by atoms with E-state index in [4.69, 9.17) is 9.47 Å². The Morgan fingerprint density at radius 1 is 1.08 bits per heavy atom. The highest BCUT2D eigenvalue weighted by molar-refractivity contribution is 5.85. The Balaban J connectivity index is 1.86. The molecule has 0 heterocycles. The van der Waals surface area contributed by atoms with Crippen molar-refractivity contribution in [2.24, 2.45) is 5.10 Å². The molecular weight excluding hydrogens is 304 g/mol. The van der Waals surface area contributed by atoms with Crippen LogP contribution in [0.25, 0.3) is 0 Å². The van der Waals surface area contributed by atoms with Gasteiger partial charge in [0.05, 0.1) is 13.3 Å². The van der Waals surface area contributed by atoms with Crippen molar-refractivity contribution in [2.75, 3.05) is 13.7 Å². The summed E-state index contributed by atoms with van der Waals surface area (Å²) in [6.07, 6.45) is 1.66. The second-order valence-corrected chi connectivity index (χ2v) is 5.57. The zero-order valence-corrected chi connectivity index (χ0v) is 14.4. The molecule has 2 aromatic carbocycles. The summed E-state index contributed by atoms with van der Waals surface area (Å²) in [5.74, 6) is 1.02. The number of hydrogen-bond donors (Lipinski definition) is 1. The molecule has 2 aromatic rings. The lowest BCUT2D eigenvalue weighted by Gasteiger charge is -2.07. The van der Waals surface area contributed by atoms with Gasteiger partial charge in [0.15, 0.2) is 6.61 Å². The number of benzene rings is 2. The van der Waals surface area contributed by atoms with Crippen molar-refractivity contribution in [3.63, 3.8) is 0 Å². The molecule has 0 aliphatic rings. The predicted octanol–water partition coefficient (Wildman–Crippen LogP) is 3.15. The van der Waals surface area contributed by atoms with E-state index < -0.39 is 0 Å². The smallest absolute Gasteiger partial charge is 0.277 e. The lowest BCUT2D eigenvalue weighted by atomic mass is 10.0. The number of nitrogens with one attached hydrogen (secondary N) is 1. The van der Waals surface area contributed by atoms with Crippen molar-refractivity contribution in [1.29, 1.82) is 0 Å². The molecular formula is C19H22N2O3. The third-order valence-electron chi connectivity index (χ3n) is 3.55. The van der Waals surface area contributed by atoms with Crippen molar-refractivity contribution < 1.29 is 14.3 Å². The number of carbonyl (C=O) groups excluding carboxylic acids is 1. The fourth-order valence-electron chi connectivity index (χ4n) is 2.42. The van der Waals surface area contributed by atoms with Crippen molar-refractivity contribution in [3.8, 4) is 11.5 Å². The van der Waals surface area contributed by atoms with Gasteiger partial charge in [-0.05, 0) is 56.2 Å². The molecule has 5 nitrogen and oxygen atoms in total. The molecule has 0 atom stereocenters. The van der Waals surface area contributed by atoms with Gasteiger partial charge in [-0.1, -0.05) is 17.7 Å². The van der Waals surface area contributed by atoms with Crippen LogP contribution in [-0.2, 0) is 4.79 Å². The molecule has 1 N–H and O–H groups in total. The SMILES string of the molecule is COc1ccc(OCC(=O)N/N=C/c2c(C)cc(C)cc2C)cc1. The number of rotatable bonds is 6. The minimum Gasteiger partial charge on any atom is -0.497 e. The molecule has 0 spiro atoms. The quantitative estimate of drug-likeness (QED) is 0.655. The summed E-state index contributed by atoms with van der Waals surface area (Å²) in [7, 11) is 1.60. The molecule has 0 aromatic heterocycles. The van der Waals surface area contributed by atoms with Crippen LogP contribution in [0.1, 0.15) is 22.3 Å². The third kappa shape index (κ3) is 4.84. The van der Waals surface area contributed by atoms with Gasteiger partial charge < -0.3 is 9.47 Å². The Morgan fingerprint density at radius 3 is 2.25 bits per heavy atom. The molecule has 2 rings (SSSR count). The monoisotopic (exact) mass is 326 g/mol. The third-order valence-corrected chi connectivity index (χ3v) is 3.55. The molecule has 1 amide bonds. The van der Waals surface area contributed by atoms with E-state index in [1.165, 1.54) is 5.56 Å². The highest BCUT2D eigenvalue weighted by Gasteiger charge is 2.03. The number of amides is 1. The fourth-order valence-corrected chi connectivity index (χ4v) is 2.42. The molecule has 24 heavy (non-hydrogen) atoms. The predicted molar refractivity (Wildman–Crippen MR) is 94.9 cm³/mol. The van der Waals surface area contributed by atoms with Crippen LogP contribution in [0, 0.1) is 20.8 Å². The van der Waals surface area contributed by atoms with Gasteiger partial charge >= 0.3 is 0 Å². The standard InChI is InChI=1S/C19H22N2O3/c1-13-9-14(2)18(15(3)10-13)11-20-21-19(22)12-24-17-7-5-16(23-4)6-8-17/h5-11H,12H2,1-4H3,(H,21,22)/b20-11+. The van der Waals surface area contributed by atoms with Gasteiger partial charge in [-0.3, -0.25) is 4.79 Å². The Labute approximate surface area is 142 Å². The Hall–Kier alpha value is -2.82. The second kappa shape index (κ2) is 8.15. The average Bonchev–Trinajstić information content (AvgIpc) is 2.55. The number of ether oxygens (including phenoxy) is 2. The first kappa shape index (κ1) is 17.5. The second-order valence-electron chi connectivity index (χ2n) is 5.57. The van der Waals surface area contributed by atoms with E-state index in [9.17, 15) is 4.79 Å². The zero-order valence-electron chi connectivity index (χ0n) is 14.4. The van der Waals surface area contributed by atoms with Gasteiger partial charge in [0.1, 0.15) is 11.5 Å². The summed E-state index contributed by atoms with van der Waals surface area (Å²) in [6.45, 7) is 6.00. The molecule has 0 unspecified atom stereocenters. The van der Waals surface area contributed by atoms with Gasteiger partial charge in [0.25, 0.3) is 5.91 Å². The van der Waals surface area contributed by atoms with E-state index >= 15 is 0 Å². The first-order chi connectivity index (χ1) is 11.5. The minimum atomic E-state index is -0.315. The normalized spacial score (nSPS) is 10.7. The fraction of sp³-hybridized carbons (Fsp3) is 0.263. The summed E-state index contributed by atoms with van der Waals surface area (Å²) in [5, 5.41) is 4.01. The molecule has 0 saturated carbocycles. The molecule has 5 heteroatoms. The van der Waals surface area contributed by atoms with Crippen LogP contribution in [-0.4, -0.2) is 25.8 Å². The van der Waals surface area contributed by atoms with E-state index in [2.05, 4.69) is 29.6 Å². The van der Waals surface area contributed by atoms with Crippen LogP contribution in [0.15, 0.2) is 41.5 Å². The van der Waals surface area contributed by atoms with Crippen molar-refractivity contribution in [3.05, 3.63) is 58.7 Å². The average molecular weight is 326 g/mol. The molecule has 0 radical (unpaired) electrons. The Kier molecular flexibility index (Phi) is 5.95. The van der Waals surface area contributed by atoms with E-state index in [1.54, 1.807) is 37.6 Å². The van der Waals surface area contributed by atoms with Crippen molar-refractivity contribution >= 4 is 12.1 Å². The van der Waals surface area contributed by atoms with Gasteiger partial charge in [-0.2, -0.15) is 5.10 Å². The largest absolute Gasteiger partial charge is 0.497 e. The molecule has 126 valence electrons. The topological polar surface area (TPSA) is 59.9 Å². The number of hydrogen-bond acceptors (Lipinski definition) is 4. The lowest BCUT2D eigenvalue weighted by molar-refractivity contribution is -0.123. The zero-order chi connectivity index (χ0) is 17.5. The summed E-state index contributed by atoms with van der Waals surface area (Å²) in [5.41, 5.74) is 6.94. The van der Waals surface area contributed by atoms with Crippen LogP contribution in [0.5, 0.6) is 11.5 Å². The summed E-state index contributed by atoms with van der Waals surface area (Å²) >= 11 is 0. The molecule has 0 bridgehead atoms. The maximum atomic E-state index is 11.8. The maximum absolute atomic E-state index is 11.8. The van der Waals surface area contributed by atoms with E-state index in [0.717, 1.165) is 22.4 Å². The molecule has 0 aliphatic carbocycles. The van der Waals surface area contributed by atoms with Crippen LogP contribution < -0.4 is 14.9 Å². The summed E-state index contributed by atoms with van der Waals surface area (Å²) in [4.78, 5) is 11.8. The number of methoxy groups -OCH3 is 1. The summed E-state index contributed by atoms with van der Waals surface area (Å²) < 4.78 is 10.5. The van der Waals surface area contributed by atoms with Crippen LogP contribution >= 0.6 is 0 Å². The van der Waals surface area contributed by atoms with Gasteiger partial charge in [-0.25, -0.2) is 5.43 Å². The number of hydrazone groups is 1. The van der Waals surface area contributed by atoms with Gasteiger partial charge in [0, 0.05) is 5.56 Å². The van der Waals surface area contributed by atoms with Crippen LogP contribution in [0.2, 0.25) is 0 Å². The van der Waals surface area contributed by atoms with E-state index in [1.807, 2.05) is 13.8 Å². The number of carbonyl (C=O) groups is 1. The number of aryl methyl sites for hydroxylation is 3. The lowest BCUT2D eigenvalue weighted by Crippen LogP contribution is -2.24. The Bertz CT molecular complexity index is 714. The van der Waals surface area contributed by atoms with Crippen LogP contribution in [0.3, 0.4) is 0 Å². The minimum absolute atomic E-state index is 0.102. The van der Waals surface area contributed by atoms with E-state index in [0.29, 0.717) is 5.75 Å². The highest BCUT2D eigenvalue weighted by Crippen LogP contribution is 2.17. The van der Waals surface area contributed by atoms with Crippen molar-refractivity contribution in [2.45, 2.75) is 20.8 Å². The molecule has 0 saturated heterocycles.